The molecule has 148 valence electrons. The lowest BCUT2D eigenvalue weighted by atomic mass is 10.1. The Morgan fingerprint density at radius 2 is 1.64 bits per heavy atom. The first-order valence-corrected chi connectivity index (χ1v) is 8.61. The van der Waals surface area contributed by atoms with Gasteiger partial charge in [-0.3, -0.25) is 14.9 Å². The molecular formula is C20H20F2N2O4. The summed E-state index contributed by atoms with van der Waals surface area (Å²) >= 11 is 0. The van der Waals surface area contributed by atoms with Crippen LogP contribution in [0.25, 0.3) is 0 Å². The van der Waals surface area contributed by atoms with Gasteiger partial charge in [-0.05, 0) is 55.8 Å². The van der Waals surface area contributed by atoms with Gasteiger partial charge in [0.2, 0.25) is 11.8 Å². The van der Waals surface area contributed by atoms with Crippen molar-refractivity contribution < 1.29 is 27.9 Å². The van der Waals surface area contributed by atoms with Crippen LogP contribution in [-0.2, 0) is 20.7 Å². The fraction of sp³-hybridized carbons (Fsp3) is 0.250. The zero-order valence-corrected chi connectivity index (χ0v) is 15.4. The average Bonchev–Trinajstić information content (AvgIpc) is 2.61. The monoisotopic (exact) mass is 390 g/mol. The molecule has 0 aliphatic rings. The van der Waals surface area contributed by atoms with Gasteiger partial charge in [0.25, 0.3) is 0 Å². The molecule has 0 saturated carbocycles. The van der Waals surface area contributed by atoms with Gasteiger partial charge in [-0.25, -0.2) is 13.6 Å². The maximum absolute atomic E-state index is 13.2. The van der Waals surface area contributed by atoms with E-state index in [1.807, 2.05) is 0 Å². The van der Waals surface area contributed by atoms with E-state index in [4.69, 9.17) is 4.74 Å². The van der Waals surface area contributed by atoms with E-state index < -0.39 is 35.5 Å². The topological polar surface area (TPSA) is 84.5 Å². The molecule has 0 spiro atoms. The lowest BCUT2D eigenvalue weighted by Crippen LogP contribution is -2.41. The number of nitrogens with one attached hydrogen (secondary N) is 2. The second-order valence-electron chi connectivity index (χ2n) is 6.03. The minimum absolute atomic E-state index is 0.123. The lowest BCUT2D eigenvalue weighted by molar-refractivity contribution is -0.130. The Morgan fingerprint density at radius 3 is 2.21 bits per heavy atom. The van der Waals surface area contributed by atoms with Gasteiger partial charge < -0.3 is 10.1 Å². The van der Waals surface area contributed by atoms with Crippen molar-refractivity contribution in [1.82, 2.24) is 5.32 Å². The summed E-state index contributed by atoms with van der Waals surface area (Å²) in [4.78, 5) is 35.7. The number of rotatable bonds is 7. The van der Waals surface area contributed by atoms with Crippen molar-refractivity contribution in [2.75, 3.05) is 11.9 Å². The third-order valence-electron chi connectivity index (χ3n) is 3.72. The highest BCUT2D eigenvalue weighted by molar-refractivity contribution is 5.99. The molecule has 2 aromatic rings. The highest BCUT2D eigenvalue weighted by Crippen LogP contribution is 2.12. The fourth-order valence-corrected chi connectivity index (χ4v) is 2.42. The fourth-order valence-electron chi connectivity index (χ4n) is 2.42. The van der Waals surface area contributed by atoms with Crippen LogP contribution in [0, 0.1) is 11.6 Å². The van der Waals surface area contributed by atoms with Gasteiger partial charge in [-0.2, -0.15) is 0 Å². The third kappa shape index (κ3) is 6.15. The van der Waals surface area contributed by atoms with Crippen LogP contribution in [0.1, 0.15) is 29.8 Å². The molecule has 0 aliphatic carbocycles. The van der Waals surface area contributed by atoms with Crippen LogP contribution in [0.2, 0.25) is 0 Å². The second-order valence-corrected chi connectivity index (χ2v) is 6.03. The van der Waals surface area contributed by atoms with Gasteiger partial charge in [-0.1, -0.05) is 0 Å². The van der Waals surface area contributed by atoms with Gasteiger partial charge in [0.15, 0.2) is 0 Å². The van der Waals surface area contributed by atoms with Crippen LogP contribution < -0.4 is 10.6 Å². The van der Waals surface area contributed by atoms with E-state index in [1.165, 1.54) is 0 Å². The Bertz CT molecular complexity index is 849. The summed E-state index contributed by atoms with van der Waals surface area (Å²) in [6.45, 7) is 3.52. The number of benzene rings is 2. The quantitative estimate of drug-likeness (QED) is 0.711. The van der Waals surface area contributed by atoms with Crippen LogP contribution in [0.5, 0.6) is 0 Å². The first-order chi connectivity index (χ1) is 13.3. The molecule has 0 radical (unpaired) electrons. The van der Waals surface area contributed by atoms with Gasteiger partial charge in [0.05, 0.1) is 18.6 Å². The predicted octanol–water partition coefficient (Wildman–Crippen LogP) is 2.83. The van der Waals surface area contributed by atoms with E-state index in [0.29, 0.717) is 17.3 Å². The summed E-state index contributed by atoms with van der Waals surface area (Å²) in [5.41, 5.74) is 1.07. The maximum Gasteiger partial charge on any atom is 0.338 e. The molecule has 2 amide bonds. The minimum atomic E-state index is -0.796. The van der Waals surface area contributed by atoms with Crippen LogP contribution in [0.4, 0.5) is 14.5 Å². The van der Waals surface area contributed by atoms with E-state index in [0.717, 1.165) is 12.1 Å². The number of amides is 2. The molecular weight excluding hydrogens is 370 g/mol. The molecule has 0 aromatic heterocycles. The highest BCUT2D eigenvalue weighted by atomic mass is 19.1. The summed E-state index contributed by atoms with van der Waals surface area (Å²) in [7, 11) is 0. The van der Waals surface area contributed by atoms with Crippen molar-refractivity contribution in [2.24, 2.45) is 0 Å². The molecule has 28 heavy (non-hydrogen) atoms. The second kappa shape index (κ2) is 9.59. The van der Waals surface area contributed by atoms with Gasteiger partial charge in [0, 0.05) is 11.8 Å². The Labute approximate surface area is 160 Å². The molecule has 0 unspecified atom stereocenters. The SMILES string of the molecule is CCOC(=O)c1ccc(N[C@@H](C)C(=O)NC(=O)Cc2cc(F)cc(F)c2)cc1. The molecule has 0 bridgehead atoms. The number of esters is 1. The minimum Gasteiger partial charge on any atom is -0.462 e. The standard InChI is InChI=1S/C20H20F2N2O4/c1-3-28-20(27)14-4-6-17(7-5-14)23-12(2)19(26)24-18(25)10-13-8-15(21)11-16(22)9-13/h4-9,11-12,23H,3,10H2,1-2H3,(H,24,25,26)/t12-/m0/s1. The number of imide groups is 1. The third-order valence-corrected chi connectivity index (χ3v) is 3.72. The molecule has 0 fully saturated rings. The summed E-state index contributed by atoms with van der Waals surface area (Å²) in [6.07, 6.45) is -0.332. The average molecular weight is 390 g/mol. The van der Waals surface area contributed by atoms with Crippen LogP contribution in [0.15, 0.2) is 42.5 Å². The predicted molar refractivity (Wildman–Crippen MR) is 98.7 cm³/mol. The molecule has 2 rings (SSSR count). The molecule has 1 atom stereocenters. The Kier molecular flexibility index (Phi) is 7.20. The van der Waals surface area contributed by atoms with Crippen molar-refractivity contribution >= 4 is 23.5 Å². The number of anilines is 1. The first kappa shape index (κ1) is 21.0. The normalized spacial score (nSPS) is 11.4. The van der Waals surface area contributed by atoms with Crippen molar-refractivity contribution in [2.45, 2.75) is 26.3 Å². The Morgan fingerprint density at radius 1 is 1.04 bits per heavy atom. The number of ether oxygens (including phenoxy) is 1. The number of halogens is 2. The molecule has 0 saturated heterocycles. The van der Waals surface area contributed by atoms with Crippen molar-refractivity contribution in [1.29, 1.82) is 0 Å². The summed E-state index contributed by atoms with van der Waals surface area (Å²) in [5.74, 6) is -3.32. The Balaban J connectivity index is 1.89. The molecule has 0 aliphatic heterocycles. The zero-order chi connectivity index (χ0) is 20.7. The van der Waals surface area contributed by atoms with Crippen LogP contribution in [0.3, 0.4) is 0 Å². The van der Waals surface area contributed by atoms with Crippen molar-refractivity contribution in [3.05, 3.63) is 65.2 Å². The van der Waals surface area contributed by atoms with E-state index in [1.54, 1.807) is 38.1 Å². The lowest BCUT2D eigenvalue weighted by Gasteiger charge is -2.15. The van der Waals surface area contributed by atoms with E-state index in [2.05, 4.69) is 10.6 Å². The number of hydrogen-bond donors (Lipinski definition) is 2. The largest absolute Gasteiger partial charge is 0.462 e. The van der Waals surface area contributed by atoms with Crippen LogP contribution in [-0.4, -0.2) is 30.4 Å². The molecule has 8 heteroatoms. The summed E-state index contributed by atoms with van der Waals surface area (Å²) < 4.78 is 31.2. The Hall–Kier alpha value is -3.29. The summed E-state index contributed by atoms with van der Waals surface area (Å²) in [6, 6.07) is 8.30. The highest BCUT2D eigenvalue weighted by Gasteiger charge is 2.17. The van der Waals surface area contributed by atoms with E-state index >= 15 is 0 Å². The maximum atomic E-state index is 13.2. The zero-order valence-electron chi connectivity index (χ0n) is 15.4. The molecule has 0 heterocycles. The van der Waals surface area contributed by atoms with Crippen molar-refractivity contribution in [3.8, 4) is 0 Å². The van der Waals surface area contributed by atoms with Crippen LogP contribution >= 0.6 is 0 Å². The van der Waals surface area contributed by atoms with Gasteiger partial charge in [0.1, 0.15) is 17.7 Å². The van der Waals surface area contributed by atoms with Gasteiger partial charge in [-0.15, -0.1) is 0 Å². The molecule has 2 N–H and O–H groups in total. The van der Waals surface area contributed by atoms with E-state index in [-0.39, 0.29) is 18.6 Å². The summed E-state index contributed by atoms with van der Waals surface area (Å²) in [5, 5.41) is 5.07. The number of carbonyl (C=O) groups is 3. The number of carbonyl (C=O) groups excluding carboxylic acids is 3. The first-order valence-electron chi connectivity index (χ1n) is 8.61. The van der Waals surface area contributed by atoms with Gasteiger partial charge >= 0.3 is 5.97 Å². The van der Waals surface area contributed by atoms with E-state index in [9.17, 15) is 23.2 Å². The van der Waals surface area contributed by atoms with Crippen molar-refractivity contribution in [3.63, 3.8) is 0 Å². The number of hydrogen-bond acceptors (Lipinski definition) is 5. The molecule has 6 nitrogen and oxygen atoms in total. The smallest absolute Gasteiger partial charge is 0.338 e. The molecule has 2 aromatic carbocycles.